The van der Waals surface area contributed by atoms with E-state index in [0.717, 1.165) is 0 Å². The highest BCUT2D eigenvalue weighted by Gasteiger charge is 2.13. The van der Waals surface area contributed by atoms with Gasteiger partial charge in [0.2, 0.25) is 5.13 Å². The van der Waals surface area contributed by atoms with E-state index < -0.39 is 4.92 Å². The van der Waals surface area contributed by atoms with E-state index >= 15 is 0 Å². The van der Waals surface area contributed by atoms with Crippen LogP contribution in [0.3, 0.4) is 0 Å². The van der Waals surface area contributed by atoms with Crippen LogP contribution < -0.4 is 14.8 Å². The number of ether oxygens (including phenoxy) is 2. The van der Waals surface area contributed by atoms with E-state index in [1.807, 2.05) is 0 Å². The number of anilines is 1. The normalized spacial score (nSPS) is 10.1. The molecule has 0 radical (unpaired) electrons. The molecule has 0 spiro atoms. The summed E-state index contributed by atoms with van der Waals surface area (Å²) in [4.78, 5) is 10.3. The Morgan fingerprint density at radius 2 is 2.20 bits per heavy atom. The summed E-state index contributed by atoms with van der Waals surface area (Å²) in [6.45, 7) is 0.164. The highest BCUT2D eigenvalue weighted by molar-refractivity contribution is 7.15. The fourth-order valence-corrected chi connectivity index (χ4v) is 2.05. The largest absolute Gasteiger partial charge is 0.493 e. The molecule has 0 amide bonds. The Labute approximate surface area is 118 Å². The Balaban J connectivity index is 2.14. The van der Waals surface area contributed by atoms with Crippen molar-refractivity contribution in [3.05, 3.63) is 33.3 Å². The lowest BCUT2D eigenvalue weighted by Crippen LogP contribution is -1.98. The second-order valence-electron chi connectivity index (χ2n) is 3.63. The third-order valence-electron chi connectivity index (χ3n) is 2.39. The van der Waals surface area contributed by atoms with Crippen LogP contribution in [0.25, 0.3) is 0 Å². The summed E-state index contributed by atoms with van der Waals surface area (Å²) in [7, 11) is 3.22. The fraction of sp³-hybridized carbons (Fsp3) is 0.273. The monoisotopic (exact) mass is 296 g/mol. The van der Waals surface area contributed by atoms with Gasteiger partial charge in [-0.15, -0.1) is 10.2 Å². The Hall–Kier alpha value is -2.42. The van der Waals surface area contributed by atoms with Crippen molar-refractivity contribution in [1.82, 2.24) is 10.2 Å². The number of nitro groups is 1. The number of non-ortho nitro benzene ring substituents is 1. The van der Waals surface area contributed by atoms with E-state index in [9.17, 15) is 10.1 Å². The first-order chi connectivity index (χ1) is 9.63. The summed E-state index contributed by atoms with van der Waals surface area (Å²) in [6.07, 6.45) is 0. The lowest BCUT2D eigenvalue weighted by molar-refractivity contribution is -0.385. The zero-order chi connectivity index (χ0) is 14.5. The molecule has 1 aromatic heterocycles. The van der Waals surface area contributed by atoms with E-state index in [1.165, 1.54) is 36.6 Å². The van der Waals surface area contributed by atoms with Crippen LogP contribution in [0.4, 0.5) is 10.8 Å². The molecule has 0 atom stereocenters. The Morgan fingerprint density at radius 1 is 1.40 bits per heavy atom. The first-order valence-corrected chi connectivity index (χ1v) is 6.41. The summed E-state index contributed by atoms with van der Waals surface area (Å²) >= 11 is 1.34. The molecule has 2 aromatic rings. The summed E-state index contributed by atoms with van der Waals surface area (Å²) in [6, 6.07) is 4.17. The predicted octanol–water partition coefficient (Wildman–Crippen LogP) is 2.08. The van der Waals surface area contributed by atoms with Crippen LogP contribution in [0.1, 0.15) is 5.01 Å². The highest BCUT2D eigenvalue weighted by Crippen LogP contribution is 2.32. The van der Waals surface area contributed by atoms with Crippen LogP contribution in [0.2, 0.25) is 0 Å². The Morgan fingerprint density at radius 3 is 2.80 bits per heavy atom. The van der Waals surface area contributed by atoms with Gasteiger partial charge in [0.05, 0.1) is 18.1 Å². The molecule has 0 aliphatic carbocycles. The molecule has 1 aromatic carbocycles. The third kappa shape index (κ3) is 3.12. The van der Waals surface area contributed by atoms with Gasteiger partial charge in [-0.25, -0.2) is 0 Å². The second kappa shape index (κ2) is 6.15. The van der Waals surface area contributed by atoms with Crippen molar-refractivity contribution >= 4 is 22.2 Å². The number of hydrogen-bond acceptors (Lipinski definition) is 8. The van der Waals surface area contributed by atoms with Gasteiger partial charge in [-0.2, -0.15) is 0 Å². The molecule has 0 fully saturated rings. The Kier molecular flexibility index (Phi) is 4.31. The molecule has 0 aliphatic heterocycles. The lowest BCUT2D eigenvalue weighted by atomic mass is 10.3. The average molecular weight is 296 g/mol. The minimum Gasteiger partial charge on any atom is -0.493 e. The molecule has 0 bridgehead atoms. The molecule has 1 heterocycles. The Bertz CT molecular complexity index is 616. The van der Waals surface area contributed by atoms with Crippen LogP contribution in [-0.4, -0.2) is 29.3 Å². The maximum atomic E-state index is 10.7. The molecule has 0 saturated heterocycles. The van der Waals surface area contributed by atoms with Crippen LogP contribution >= 0.6 is 11.3 Å². The first kappa shape index (κ1) is 14.0. The minimum atomic E-state index is -0.490. The minimum absolute atomic E-state index is 0.0611. The molecule has 20 heavy (non-hydrogen) atoms. The van der Waals surface area contributed by atoms with Crippen molar-refractivity contribution in [1.29, 1.82) is 0 Å². The van der Waals surface area contributed by atoms with Gasteiger partial charge in [0, 0.05) is 13.1 Å². The number of benzene rings is 1. The number of nitro benzene ring substituents is 1. The SMILES string of the molecule is CNc1nnc(COc2cc([N+](=O)[O-])ccc2OC)s1. The van der Waals surface area contributed by atoms with Crippen LogP contribution in [0.15, 0.2) is 18.2 Å². The van der Waals surface area contributed by atoms with Crippen molar-refractivity contribution < 1.29 is 14.4 Å². The number of nitrogens with one attached hydrogen (secondary N) is 1. The third-order valence-corrected chi connectivity index (χ3v) is 3.30. The zero-order valence-electron chi connectivity index (χ0n) is 10.8. The number of methoxy groups -OCH3 is 1. The van der Waals surface area contributed by atoms with Gasteiger partial charge in [0.1, 0.15) is 6.61 Å². The van der Waals surface area contributed by atoms with E-state index in [4.69, 9.17) is 9.47 Å². The van der Waals surface area contributed by atoms with Crippen molar-refractivity contribution in [3.8, 4) is 11.5 Å². The highest BCUT2D eigenvalue weighted by atomic mass is 32.1. The molecule has 1 N–H and O–H groups in total. The molecule has 0 unspecified atom stereocenters. The number of hydrogen-bond donors (Lipinski definition) is 1. The van der Waals surface area contributed by atoms with Crippen LogP contribution in [0.5, 0.6) is 11.5 Å². The van der Waals surface area contributed by atoms with Crippen molar-refractivity contribution in [3.63, 3.8) is 0 Å². The van der Waals surface area contributed by atoms with Crippen molar-refractivity contribution in [2.75, 3.05) is 19.5 Å². The van der Waals surface area contributed by atoms with Gasteiger partial charge in [0.25, 0.3) is 5.69 Å². The quantitative estimate of drug-likeness (QED) is 0.643. The van der Waals surface area contributed by atoms with Crippen LogP contribution in [-0.2, 0) is 6.61 Å². The van der Waals surface area contributed by atoms with Crippen molar-refractivity contribution in [2.45, 2.75) is 6.61 Å². The fourth-order valence-electron chi connectivity index (χ4n) is 1.44. The molecule has 2 rings (SSSR count). The second-order valence-corrected chi connectivity index (χ2v) is 4.69. The summed E-state index contributed by atoms with van der Waals surface area (Å²) in [5.74, 6) is 0.719. The van der Waals surface area contributed by atoms with Gasteiger partial charge in [-0.05, 0) is 6.07 Å². The number of rotatable bonds is 6. The summed E-state index contributed by atoms with van der Waals surface area (Å²) in [5.41, 5.74) is -0.0611. The van der Waals surface area contributed by atoms with E-state index in [-0.39, 0.29) is 12.3 Å². The van der Waals surface area contributed by atoms with Crippen molar-refractivity contribution in [2.24, 2.45) is 0 Å². The maximum Gasteiger partial charge on any atom is 0.273 e. The van der Waals surface area contributed by atoms with E-state index in [2.05, 4.69) is 15.5 Å². The molecular formula is C11H12N4O4S. The predicted molar refractivity (Wildman–Crippen MR) is 73.4 cm³/mol. The van der Waals surface area contributed by atoms with Crippen LogP contribution in [0, 0.1) is 10.1 Å². The first-order valence-electron chi connectivity index (χ1n) is 5.59. The van der Waals surface area contributed by atoms with Gasteiger partial charge in [0.15, 0.2) is 16.5 Å². The topological polar surface area (TPSA) is 99.4 Å². The summed E-state index contributed by atoms with van der Waals surface area (Å²) < 4.78 is 10.6. The van der Waals surface area contributed by atoms with Gasteiger partial charge >= 0.3 is 0 Å². The molecule has 0 aliphatic rings. The molecule has 8 nitrogen and oxygen atoms in total. The zero-order valence-corrected chi connectivity index (χ0v) is 11.6. The number of aromatic nitrogens is 2. The van der Waals surface area contributed by atoms with E-state index in [1.54, 1.807) is 7.05 Å². The maximum absolute atomic E-state index is 10.7. The smallest absolute Gasteiger partial charge is 0.273 e. The van der Waals surface area contributed by atoms with Gasteiger partial charge < -0.3 is 14.8 Å². The lowest BCUT2D eigenvalue weighted by Gasteiger charge is -2.08. The summed E-state index contributed by atoms with van der Waals surface area (Å²) in [5, 5.41) is 22.7. The number of nitrogens with zero attached hydrogens (tertiary/aromatic N) is 3. The standard InChI is InChI=1S/C11H12N4O4S/c1-12-11-14-13-10(20-11)6-19-9-5-7(15(16)17)3-4-8(9)18-2/h3-5H,6H2,1-2H3,(H,12,14). The van der Waals surface area contributed by atoms with E-state index in [0.29, 0.717) is 21.6 Å². The molecule has 106 valence electrons. The molecule has 9 heteroatoms. The molecule has 0 saturated carbocycles. The average Bonchev–Trinajstić information content (AvgIpc) is 2.92. The van der Waals surface area contributed by atoms with Gasteiger partial charge in [-0.3, -0.25) is 10.1 Å². The van der Waals surface area contributed by atoms with Gasteiger partial charge in [-0.1, -0.05) is 11.3 Å². The molecular weight excluding hydrogens is 284 g/mol.